The topological polar surface area (TPSA) is 116 Å². The van der Waals surface area contributed by atoms with Crippen LogP contribution in [0, 0.1) is 0 Å². The van der Waals surface area contributed by atoms with Gasteiger partial charge in [0.25, 0.3) is 10.1 Å². The Morgan fingerprint density at radius 2 is 2.00 bits per heavy atom. The number of likely N-dealkylation sites (tertiary alicyclic amines) is 1. The van der Waals surface area contributed by atoms with Gasteiger partial charge in [-0.05, 0) is 39.0 Å². The van der Waals surface area contributed by atoms with E-state index in [2.05, 4.69) is 10.6 Å². The lowest BCUT2D eigenvalue weighted by Crippen LogP contribution is -2.45. The zero-order valence-corrected chi connectivity index (χ0v) is 14.6. The van der Waals surface area contributed by atoms with E-state index < -0.39 is 16.1 Å². The summed E-state index contributed by atoms with van der Waals surface area (Å²) >= 11 is 0. The van der Waals surface area contributed by atoms with Crippen LogP contribution in [0.2, 0.25) is 0 Å². The van der Waals surface area contributed by atoms with Crippen molar-refractivity contribution in [1.29, 1.82) is 0 Å². The first-order valence-electron chi connectivity index (χ1n) is 7.42. The Balaban J connectivity index is 1.99. The Kier molecular flexibility index (Phi) is 4.86. The highest BCUT2D eigenvalue weighted by Crippen LogP contribution is 2.22. The number of hydrogen-bond donors (Lipinski definition) is 3. The number of hydrogen-bond acceptors (Lipinski definition) is 4. The molecule has 8 nitrogen and oxygen atoms in total. The molecule has 1 aliphatic heterocycles. The molecule has 1 aliphatic rings. The van der Waals surface area contributed by atoms with E-state index in [0.717, 1.165) is 6.07 Å². The van der Waals surface area contributed by atoms with Gasteiger partial charge in [0, 0.05) is 24.2 Å². The van der Waals surface area contributed by atoms with Crippen molar-refractivity contribution in [1.82, 2.24) is 10.2 Å². The summed E-state index contributed by atoms with van der Waals surface area (Å²) in [5, 5.41) is 5.19. The second kappa shape index (κ2) is 6.40. The molecule has 0 spiro atoms. The molecule has 1 heterocycles. The summed E-state index contributed by atoms with van der Waals surface area (Å²) in [5.74, 6) is -0.0267. The molecule has 3 amide bonds. The summed E-state index contributed by atoms with van der Waals surface area (Å²) in [4.78, 5) is 25.4. The molecule has 132 valence electrons. The lowest BCUT2D eigenvalue weighted by molar-refractivity contribution is -0.131. The molecule has 1 aromatic rings. The normalized spacial score (nSPS) is 18.6. The average molecular weight is 355 g/mol. The molecule has 1 unspecified atom stereocenters. The van der Waals surface area contributed by atoms with Crippen molar-refractivity contribution in [3.8, 4) is 0 Å². The van der Waals surface area contributed by atoms with Crippen molar-refractivity contribution in [2.75, 3.05) is 11.9 Å². The molecule has 0 bridgehead atoms. The Morgan fingerprint density at radius 3 is 2.54 bits per heavy atom. The Labute approximate surface area is 141 Å². The molecule has 2 rings (SSSR count). The molecule has 1 saturated heterocycles. The van der Waals surface area contributed by atoms with Gasteiger partial charge in [0.2, 0.25) is 5.91 Å². The molecule has 1 aromatic carbocycles. The fraction of sp³-hybridized carbons (Fsp3) is 0.467. The van der Waals surface area contributed by atoms with Gasteiger partial charge in [-0.1, -0.05) is 6.07 Å². The fourth-order valence-corrected chi connectivity index (χ4v) is 3.07. The maximum atomic E-state index is 12.0. The zero-order valence-electron chi connectivity index (χ0n) is 13.7. The van der Waals surface area contributed by atoms with Crippen LogP contribution in [0.4, 0.5) is 10.5 Å². The minimum Gasteiger partial charge on any atom is -0.336 e. The van der Waals surface area contributed by atoms with Gasteiger partial charge in [0.05, 0.1) is 10.9 Å². The maximum absolute atomic E-state index is 12.0. The first-order valence-corrected chi connectivity index (χ1v) is 8.86. The van der Waals surface area contributed by atoms with E-state index in [1.165, 1.54) is 18.2 Å². The van der Waals surface area contributed by atoms with Crippen LogP contribution in [0.3, 0.4) is 0 Å². The molecule has 3 N–H and O–H groups in total. The summed E-state index contributed by atoms with van der Waals surface area (Å²) in [5.41, 5.74) is -0.0898. The van der Waals surface area contributed by atoms with Crippen molar-refractivity contribution in [3.05, 3.63) is 24.3 Å². The van der Waals surface area contributed by atoms with Crippen molar-refractivity contribution in [2.24, 2.45) is 0 Å². The largest absolute Gasteiger partial charge is 0.336 e. The molecule has 24 heavy (non-hydrogen) atoms. The zero-order chi connectivity index (χ0) is 18.1. The minimum atomic E-state index is -4.34. The highest BCUT2D eigenvalue weighted by Gasteiger charge is 2.36. The number of nitrogens with zero attached hydrogens (tertiary/aromatic N) is 1. The third kappa shape index (κ3) is 4.45. The van der Waals surface area contributed by atoms with Crippen LogP contribution in [0.1, 0.15) is 27.2 Å². The lowest BCUT2D eigenvalue weighted by Gasteiger charge is -2.32. The summed E-state index contributed by atoms with van der Waals surface area (Å²) < 4.78 is 31.2. The first-order chi connectivity index (χ1) is 11.0. The summed E-state index contributed by atoms with van der Waals surface area (Å²) in [6, 6.07) is 4.40. The third-order valence-electron chi connectivity index (χ3n) is 3.66. The van der Waals surface area contributed by atoms with E-state index in [0.29, 0.717) is 6.54 Å². The molecule has 0 radical (unpaired) electrons. The van der Waals surface area contributed by atoms with Gasteiger partial charge in [-0.3, -0.25) is 9.35 Å². The van der Waals surface area contributed by atoms with E-state index in [9.17, 15) is 18.0 Å². The minimum absolute atomic E-state index is 0.0267. The van der Waals surface area contributed by atoms with Gasteiger partial charge in [0.1, 0.15) is 0 Å². The maximum Gasteiger partial charge on any atom is 0.319 e. The number of nitrogens with one attached hydrogen (secondary N) is 2. The molecule has 0 aromatic heterocycles. The van der Waals surface area contributed by atoms with Gasteiger partial charge >= 0.3 is 6.03 Å². The van der Waals surface area contributed by atoms with Crippen LogP contribution in [-0.4, -0.2) is 47.9 Å². The SMILES string of the molecule is CC(C)(C)N1CC(NC(=O)Nc2cccc(S(=O)(=O)O)c2)CC1=O. The van der Waals surface area contributed by atoms with E-state index in [1.807, 2.05) is 20.8 Å². The van der Waals surface area contributed by atoms with Gasteiger partial charge in [-0.2, -0.15) is 8.42 Å². The predicted octanol–water partition coefficient (Wildman–Crippen LogP) is 1.45. The molecule has 1 fully saturated rings. The van der Waals surface area contributed by atoms with Gasteiger partial charge in [-0.25, -0.2) is 4.79 Å². The average Bonchev–Trinajstić information content (AvgIpc) is 2.78. The quantitative estimate of drug-likeness (QED) is 0.710. The molecule has 0 saturated carbocycles. The summed E-state index contributed by atoms with van der Waals surface area (Å²) in [6.07, 6.45) is 0.218. The first kappa shape index (κ1) is 18.2. The Hall–Kier alpha value is -2.13. The van der Waals surface area contributed by atoms with Crippen molar-refractivity contribution >= 4 is 27.7 Å². The van der Waals surface area contributed by atoms with Crippen molar-refractivity contribution < 1.29 is 22.6 Å². The van der Waals surface area contributed by atoms with Gasteiger partial charge in [-0.15, -0.1) is 0 Å². The molecule has 1 atom stereocenters. The predicted molar refractivity (Wildman–Crippen MR) is 88.3 cm³/mol. The van der Waals surface area contributed by atoms with Crippen molar-refractivity contribution in [3.63, 3.8) is 0 Å². The van der Waals surface area contributed by atoms with Crippen LogP contribution in [0.25, 0.3) is 0 Å². The number of carbonyl (C=O) groups is 2. The summed E-state index contributed by atoms with van der Waals surface area (Å²) in [6.45, 7) is 6.19. The standard InChI is InChI=1S/C15H21N3O5S/c1-15(2,3)18-9-11(8-13(18)19)17-14(20)16-10-5-4-6-12(7-10)24(21,22)23/h4-7,11H,8-9H2,1-3H3,(H2,16,17,20)(H,21,22,23). The number of benzene rings is 1. The molecular formula is C15H21N3O5S. The van der Waals surface area contributed by atoms with Gasteiger partial charge < -0.3 is 15.5 Å². The van der Waals surface area contributed by atoms with E-state index in [1.54, 1.807) is 4.90 Å². The molecular weight excluding hydrogens is 334 g/mol. The van der Waals surface area contributed by atoms with Crippen LogP contribution >= 0.6 is 0 Å². The highest BCUT2D eigenvalue weighted by atomic mass is 32.2. The van der Waals surface area contributed by atoms with Gasteiger partial charge in [0.15, 0.2) is 0 Å². The monoisotopic (exact) mass is 355 g/mol. The third-order valence-corrected chi connectivity index (χ3v) is 4.51. The second-order valence-corrected chi connectivity index (χ2v) is 8.10. The number of anilines is 1. The molecule has 0 aliphatic carbocycles. The lowest BCUT2D eigenvalue weighted by atomic mass is 10.1. The number of urea groups is 1. The van der Waals surface area contributed by atoms with Crippen molar-refractivity contribution in [2.45, 2.75) is 43.7 Å². The number of rotatable bonds is 3. The van der Waals surface area contributed by atoms with Crippen LogP contribution in [0.5, 0.6) is 0 Å². The Morgan fingerprint density at radius 1 is 1.33 bits per heavy atom. The summed E-state index contributed by atoms with van der Waals surface area (Å²) in [7, 11) is -4.34. The smallest absolute Gasteiger partial charge is 0.319 e. The number of amides is 3. The van der Waals surface area contributed by atoms with E-state index >= 15 is 0 Å². The van der Waals surface area contributed by atoms with Crippen LogP contribution < -0.4 is 10.6 Å². The second-order valence-electron chi connectivity index (χ2n) is 6.68. The van der Waals surface area contributed by atoms with Crippen LogP contribution in [-0.2, 0) is 14.9 Å². The van der Waals surface area contributed by atoms with E-state index in [4.69, 9.17) is 4.55 Å². The van der Waals surface area contributed by atoms with E-state index in [-0.39, 0.29) is 34.5 Å². The van der Waals surface area contributed by atoms with Crippen LogP contribution in [0.15, 0.2) is 29.2 Å². The fourth-order valence-electron chi connectivity index (χ4n) is 2.54. The molecule has 9 heteroatoms. The Bertz CT molecular complexity index is 755. The number of carbonyl (C=O) groups excluding carboxylic acids is 2. The highest BCUT2D eigenvalue weighted by molar-refractivity contribution is 7.85.